The van der Waals surface area contributed by atoms with E-state index >= 15 is 0 Å². The van der Waals surface area contributed by atoms with Crippen LogP contribution in [0.2, 0.25) is 0 Å². The van der Waals surface area contributed by atoms with Crippen molar-refractivity contribution in [3.05, 3.63) is 65.7 Å². The average molecular weight is 239 g/mol. The summed E-state index contributed by atoms with van der Waals surface area (Å²) in [6.07, 6.45) is 0.498. The van der Waals surface area contributed by atoms with Crippen LogP contribution >= 0.6 is 0 Å². The lowest BCUT2D eigenvalue weighted by Gasteiger charge is -2.33. The first-order chi connectivity index (χ1) is 8.84. The third-order valence-corrected chi connectivity index (χ3v) is 3.53. The Labute approximate surface area is 107 Å². The summed E-state index contributed by atoms with van der Waals surface area (Å²) in [6.45, 7) is 1.82. The molecule has 0 radical (unpaired) electrons. The van der Waals surface area contributed by atoms with Crippen molar-refractivity contribution in [3.8, 4) is 0 Å². The van der Waals surface area contributed by atoms with Gasteiger partial charge in [-0.15, -0.1) is 0 Å². The SMILES string of the molecule is O[C@@H]1CCN(Cc2ccccc2)c2ccccc21. The van der Waals surface area contributed by atoms with E-state index in [4.69, 9.17) is 0 Å². The maximum absolute atomic E-state index is 10.0. The number of hydrogen-bond acceptors (Lipinski definition) is 2. The van der Waals surface area contributed by atoms with Crippen LogP contribution in [0.4, 0.5) is 5.69 Å². The predicted octanol–water partition coefficient (Wildman–Crippen LogP) is 3.13. The Kier molecular flexibility index (Phi) is 3.03. The van der Waals surface area contributed by atoms with Crippen LogP contribution in [-0.2, 0) is 6.54 Å². The fourth-order valence-electron chi connectivity index (χ4n) is 2.58. The Balaban J connectivity index is 1.89. The highest BCUT2D eigenvalue weighted by atomic mass is 16.3. The molecule has 1 N–H and O–H groups in total. The molecule has 2 heteroatoms. The highest BCUT2D eigenvalue weighted by molar-refractivity contribution is 5.56. The van der Waals surface area contributed by atoms with E-state index in [1.165, 1.54) is 11.3 Å². The Morgan fingerprint density at radius 2 is 1.72 bits per heavy atom. The van der Waals surface area contributed by atoms with Gasteiger partial charge in [0.15, 0.2) is 0 Å². The second-order valence-electron chi connectivity index (χ2n) is 4.77. The molecule has 1 heterocycles. The van der Waals surface area contributed by atoms with E-state index in [0.29, 0.717) is 0 Å². The molecular weight excluding hydrogens is 222 g/mol. The second-order valence-corrected chi connectivity index (χ2v) is 4.77. The van der Waals surface area contributed by atoms with Crippen LogP contribution in [0, 0.1) is 0 Å². The predicted molar refractivity (Wildman–Crippen MR) is 73.5 cm³/mol. The molecule has 0 unspecified atom stereocenters. The van der Waals surface area contributed by atoms with Gasteiger partial charge in [-0.05, 0) is 18.1 Å². The molecule has 0 amide bonds. The quantitative estimate of drug-likeness (QED) is 0.870. The molecule has 1 atom stereocenters. The van der Waals surface area contributed by atoms with Gasteiger partial charge in [0.2, 0.25) is 0 Å². The Morgan fingerprint density at radius 3 is 2.56 bits per heavy atom. The van der Waals surface area contributed by atoms with Gasteiger partial charge in [0.05, 0.1) is 6.10 Å². The highest BCUT2D eigenvalue weighted by Gasteiger charge is 2.22. The molecule has 0 bridgehead atoms. The fourth-order valence-corrected chi connectivity index (χ4v) is 2.58. The van der Waals surface area contributed by atoms with Crippen molar-refractivity contribution < 1.29 is 5.11 Å². The lowest BCUT2D eigenvalue weighted by molar-refractivity contribution is 0.164. The van der Waals surface area contributed by atoms with Crippen molar-refractivity contribution in [1.82, 2.24) is 0 Å². The first kappa shape index (κ1) is 11.3. The molecule has 92 valence electrons. The van der Waals surface area contributed by atoms with E-state index in [0.717, 1.165) is 25.1 Å². The van der Waals surface area contributed by atoms with Crippen LogP contribution < -0.4 is 4.90 Å². The summed E-state index contributed by atoms with van der Waals surface area (Å²) < 4.78 is 0. The van der Waals surface area contributed by atoms with Gasteiger partial charge in [-0.3, -0.25) is 0 Å². The van der Waals surface area contributed by atoms with Gasteiger partial charge < -0.3 is 10.0 Å². The minimum absolute atomic E-state index is 0.312. The van der Waals surface area contributed by atoms with Gasteiger partial charge in [0.25, 0.3) is 0 Å². The summed E-state index contributed by atoms with van der Waals surface area (Å²) in [5, 5.41) is 10.0. The molecule has 0 saturated heterocycles. The van der Waals surface area contributed by atoms with Crippen molar-refractivity contribution in [2.24, 2.45) is 0 Å². The van der Waals surface area contributed by atoms with E-state index in [9.17, 15) is 5.11 Å². The van der Waals surface area contributed by atoms with Crippen molar-refractivity contribution in [2.45, 2.75) is 19.1 Å². The third-order valence-electron chi connectivity index (χ3n) is 3.53. The van der Waals surface area contributed by atoms with Crippen LogP contribution in [0.3, 0.4) is 0 Å². The van der Waals surface area contributed by atoms with Gasteiger partial charge in [0, 0.05) is 24.3 Å². The van der Waals surface area contributed by atoms with E-state index < -0.39 is 0 Å². The molecule has 0 saturated carbocycles. The van der Waals surface area contributed by atoms with Gasteiger partial charge in [-0.25, -0.2) is 0 Å². The zero-order chi connectivity index (χ0) is 12.4. The summed E-state index contributed by atoms with van der Waals surface area (Å²) in [7, 11) is 0. The Bertz CT molecular complexity index is 524. The minimum Gasteiger partial charge on any atom is -0.388 e. The van der Waals surface area contributed by atoms with Crippen LogP contribution in [-0.4, -0.2) is 11.7 Å². The number of fused-ring (bicyclic) bond motifs is 1. The summed E-state index contributed by atoms with van der Waals surface area (Å²) in [4.78, 5) is 2.34. The van der Waals surface area contributed by atoms with Gasteiger partial charge in [-0.2, -0.15) is 0 Å². The normalized spacial score (nSPS) is 18.5. The molecule has 1 aliphatic rings. The minimum atomic E-state index is -0.312. The molecule has 0 aromatic heterocycles. The van der Waals surface area contributed by atoms with Crippen molar-refractivity contribution in [1.29, 1.82) is 0 Å². The number of aliphatic hydroxyl groups excluding tert-OH is 1. The summed E-state index contributed by atoms with van der Waals surface area (Å²) in [6, 6.07) is 18.6. The third kappa shape index (κ3) is 2.12. The molecule has 2 aromatic carbocycles. The smallest absolute Gasteiger partial charge is 0.0826 e. The molecule has 0 spiro atoms. The lowest BCUT2D eigenvalue weighted by atomic mass is 9.98. The maximum atomic E-state index is 10.0. The van der Waals surface area contributed by atoms with Crippen LogP contribution in [0.15, 0.2) is 54.6 Å². The van der Waals surface area contributed by atoms with Crippen molar-refractivity contribution in [3.63, 3.8) is 0 Å². The summed E-state index contributed by atoms with van der Waals surface area (Å²) in [5.41, 5.74) is 3.53. The molecule has 3 rings (SSSR count). The molecule has 2 aromatic rings. The fraction of sp³-hybridized carbons (Fsp3) is 0.250. The van der Waals surface area contributed by atoms with E-state index in [1.807, 2.05) is 24.3 Å². The molecule has 2 nitrogen and oxygen atoms in total. The van der Waals surface area contributed by atoms with Gasteiger partial charge in [-0.1, -0.05) is 48.5 Å². The van der Waals surface area contributed by atoms with Crippen molar-refractivity contribution >= 4 is 5.69 Å². The summed E-state index contributed by atoms with van der Waals surface area (Å²) in [5.74, 6) is 0. The molecule has 0 aliphatic carbocycles. The zero-order valence-corrected chi connectivity index (χ0v) is 10.3. The largest absolute Gasteiger partial charge is 0.388 e. The number of hydrogen-bond donors (Lipinski definition) is 1. The zero-order valence-electron chi connectivity index (χ0n) is 10.3. The number of benzene rings is 2. The van der Waals surface area contributed by atoms with E-state index in [-0.39, 0.29) is 6.10 Å². The topological polar surface area (TPSA) is 23.5 Å². The van der Waals surface area contributed by atoms with Crippen LogP contribution in [0.25, 0.3) is 0 Å². The second kappa shape index (κ2) is 4.83. The Hall–Kier alpha value is -1.80. The van der Waals surface area contributed by atoms with Crippen LogP contribution in [0.5, 0.6) is 0 Å². The molecule has 18 heavy (non-hydrogen) atoms. The maximum Gasteiger partial charge on any atom is 0.0826 e. The van der Waals surface area contributed by atoms with E-state index in [1.54, 1.807) is 0 Å². The standard InChI is InChI=1S/C16H17NO/c18-16-10-11-17(12-13-6-2-1-3-7-13)15-9-5-4-8-14(15)16/h1-9,16,18H,10-12H2/t16-/m1/s1. The lowest BCUT2D eigenvalue weighted by Crippen LogP contribution is -2.30. The first-order valence-electron chi connectivity index (χ1n) is 6.40. The molecule has 1 aliphatic heterocycles. The molecule has 0 fully saturated rings. The Morgan fingerprint density at radius 1 is 1.00 bits per heavy atom. The van der Waals surface area contributed by atoms with Crippen LogP contribution in [0.1, 0.15) is 23.7 Å². The van der Waals surface area contributed by atoms with Gasteiger partial charge in [0.1, 0.15) is 0 Å². The average Bonchev–Trinajstić information content (AvgIpc) is 2.44. The number of nitrogens with zero attached hydrogens (tertiary/aromatic N) is 1. The number of aliphatic hydroxyl groups is 1. The number of rotatable bonds is 2. The number of anilines is 1. The molecular formula is C16H17NO. The van der Waals surface area contributed by atoms with E-state index in [2.05, 4.69) is 35.2 Å². The van der Waals surface area contributed by atoms with Gasteiger partial charge >= 0.3 is 0 Å². The van der Waals surface area contributed by atoms with Crippen molar-refractivity contribution in [2.75, 3.05) is 11.4 Å². The first-order valence-corrected chi connectivity index (χ1v) is 6.40. The highest BCUT2D eigenvalue weighted by Crippen LogP contribution is 2.34. The summed E-state index contributed by atoms with van der Waals surface area (Å²) >= 11 is 0. The number of para-hydroxylation sites is 1. The monoisotopic (exact) mass is 239 g/mol.